The fourth-order valence-electron chi connectivity index (χ4n) is 1.33. The highest BCUT2D eigenvalue weighted by Crippen LogP contribution is 1.86. The Labute approximate surface area is 146 Å². The standard InChI is InChI=1S/C10H19N3O6.3ClH/c14-8(15)5-11-1-3-13(7-10(18)19)4-2-12-6-9(16)17;;;/h11-12H,1-7H2,(H,14,15)(H,16,17)(H,18,19);3*1H. The van der Waals surface area contributed by atoms with E-state index in [1.807, 2.05) is 0 Å². The lowest BCUT2D eigenvalue weighted by molar-refractivity contribution is -0.139. The number of rotatable bonds is 12. The van der Waals surface area contributed by atoms with Crippen LogP contribution in [0.15, 0.2) is 0 Å². The molecular weight excluding hydrogens is 364 g/mol. The Morgan fingerprint density at radius 2 is 1.09 bits per heavy atom. The van der Waals surface area contributed by atoms with Gasteiger partial charge in [-0.3, -0.25) is 19.3 Å². The summed E-state index contributed by atoms with van der Waals surface area (Å²) < 4.78 is 0. The normalized spacial score (nSPS) is 9.14. The lowest BCUT2D eigenvalue weighted by atomic mass is 10.4. The van der Waals surface area contributed by atoms with E-state index in [1.54, 1.807) is 4.90 Å². The molecule has 0 aromatic rings. The fourth-order valence-corrected chi connectivity index (χ4v) is 1.33. The van der Waals surface area contributed by atoms with Crippen LogP contribution in [0.2, 0.25) is 0 Å². The molecule has 0 heterocycles. The smallest absolute Gasteiger partial charge is 0.317 e. The van der Waals surface area contributed by atoms with Crippen LogP contribution in [0.25, 0.3) is 0 Å². The molecule has 0 fully saturated rings. The third-order valence-electron chi connectivity index (χ3n) is 2.12. The van der Waals surface area contributed by atoms with Crippen LogP contribution in [-0.4, -0.2) is 83.9 Å². The fraction of sp³-hybridized carbons (Fsp3) is 0.700. The van der Waals surface area contributed by atoms with E-state index in [-0.39, 0.29) is 56.9 Å². The van der Waals surface area contributed by atoms with Crippen LogP contribution < -0.4 is 10.6 Å². The van der Waals surface area contributed by atoms with Gasteiger partial charge in [0.25, 0.3) is 0 Å². The molecule has 0 radical (unpaired) electrons. The van der Waals surface area contributed by atoms with Gasteiger partial charge in [-0.25, -0.2) is 0 Å². The van der Waals surface area contributed by atoms with Gasteiger partial charge in [0, 0.05) is 26.2 Å². The first-order valence-corrected chi connectivity index (χ1v) is 5.71. The molecule has 22 heavy (non-hydrogen) atoms. The molecule has 0 unspecified atom stereocenters. The van der Waals surface area contributed by atoms with Gasteiger partial charge in [0.2, 0.25) is 0 Å². The van der Waals surface area contributed by atoms with Crippen molar-refractivity contribution in [2.45, 2.75) is 0 Å². The molecule has 0 aromatic heterocycles. The highest BCUT2D eigenvalue weighted by molar-refractivity contribution is 5.86. The zero-order chi connectivity index (χ0) is 14.7. The zero-order valence-corrected chi connectivity index (χ0v) is 14.1. The summed E-state index contributed by atoms with van der Waals surface area (Å²) in [5.74, 6) is -2.95. The second-order valence-corrected chi connectivity index (χ2v) is 3.81. The first-order valence-electron chi connectivity index (χ1n) is 5.71. The Morgan fingerprint density at radius 1 is 0.727 bits per heavy atom. The van der Waals surface area contributed by atoms with E-state index in [2.05, 4.69) is 10.6 Å². The molecule has 0 saturated heterocycles. The third-order valence-corrected chi connectivity index (χ3v) is 2.12. The predicted octanol–water partition coefficient (Wildman–Crippen LogP) is -1.01. The van der Waals surface area contributed by atoms with Gasteiger partial charge >= 0.3 is 17.9 Å². The summed E-state index contributed by atoms with van der Waals surface area (Å²) >= 11 is 0. The summed E-state index contributed by atoms with van der Waals surface area (Å²) in [6.07, 6.45) is 0. The Balaban J connectivity index is -0.000000540. The summed E-state index contributed by atoms with van der Waals surface area (Å²) in [6.45, 7) is 0.888. The predicted molar refractivity (Wildman–Crippen MR) is 86.8 cm³/mol. The number of carboxylic acid groups (broad SMARTS) is 3. The van der Waals surface area contributed by atoms with Crippen molar-refractivity contribution in [1.82, 2.24) is 15.5 Å². The van der Waals surface area contributed by atoms with Crippen LogP contribution in [0.1, 0.15) is 0 Å². The molecular formula is C10H22Cl3N3O6. The van der Waals surface area contributed by atoms with E-state index in [9.17, 15) is 14.4 Å². The molecule has 0 saturated carbocycles. The van der Waals surface area contributed by atoms with Crippen molar-refractivity contribution in [2.24, 2.45) is 0 Å². The minimum atomic E-state index is -0.989. The maximum Gasteiger partial charge on any atom is 0.317 e. The summed E-state index contributed by atoms with van der Waals surface area (Å²) in [5.41, 5.74) is 0. The topological polar surface area (TPSA) is 139 Å². The second kappa shape index (κ2) is 18.2. The van der Waals surface area contributed by atoms with Crippen molar-refractivity contribution < 1.29 is 29.7 Å². The van der Waals surface area contributed by atoms with Crippen LogP contribution in [0.5, 0.6) is 0 Å². The van der Waals surface area contributed by atoms with E-state index in [4.69, 9.17) is 15.3 Å². The highest BCUT2D eigenvalue weighted by atomic mass is 35.5. The third kappa shape index (κ3) is 21.5. The maximum absolute atomic E-state index is 10.6. The summed E-state index contributed by atoms with van der Waals surface area (Å²) in [5, 5.41) is 30.8. The lowest BCUT2D eigenvalue weighted by Gasteiger charge is -2.20. The number of carbonyl (C=O) groups is 3. The number of carboxylic acids is 3. The van der Waals surface area contributed by atoms with Crippen molar-refractivity contribution in [3.8, 4) is 0 Å². The monoisotopic (exact) mass is 385 g/mol. The molecule has 0 aromatic carbocycles. The Hall–Kier alpha value is -0.840. The van der Waals surface area contributed by atoms with Crippen LogP contribution in [0.4, 0.5) is 0 Å². The number of nitrogens with zero attached hydrogens (tertiary/aromatic N) is 1. The van der Waals surface area contributed by atoms with Gasteiger partial charge in [-0.2, -0.15) is 0 Å². The number of hydrogen-bond donors (Lipinski definition) is 5. The second-order valence-electron chi connectivity index (χ2n) is 3.81. The molecule has 0 spiro atoms. The van der Waals surface area contributed by atoms with Gasteiger partial charge in [0.05, 0.1) is 19.6 Å². The molecule has 0 aliphatic carbocycles. The average molecular weight is 387 g/mol. The molecule has 0 atom stereocenters. The average Bonchev–Trinajstić information content (AvgIpc) is 2.28. The van der Waals surface area contributed by atoms with Gasteiger partial charge in [0.1, 0.15) is 0 Å². The molecule has 12 heteroatoms. The molecule has 0 bridgehead atoms. The van der Waals surface area contributed by atoms with Crippen LogP contribution in [-0.2, 0) is 14.4 Å². The van der Waals surface area contributed by atoms with Crippen molar-refractivity contribution >= 4 is 55.1 Å². The first-order chi connectivity index (χ1) is 8.91. The van der Waals surface area contributed by atoms with Gasteiger partial charge in [-0.15, -0.1) is 37.2 Å². The van der Waals surface area contributed by atoms with Gasteiger partial charge in [0.15, 0.2) is 0 Å². The number of hydrogen-bond acceptors (Lipinski definition) is 6. The number of nitrogens with one attached hydrogen (secondary N) is 2. The number of aliphatic carboxylic acids is 3. The molecule has 9 nitrogen and oxygen atoms in total. The van der Waals surface area contributed by atoms with Crippen LogP contribution in [0.3, 0.4) is 0 Å². The van der Waals surface area contributed by atoms with Gasteiger partial charge in [-0.1, -0.05) is 0 Å². The summed E-state index contributed by atoms with van der Waals surface area (Å²) in [7, 11) is 0. The van der Waals surface area contributed by atoms with E-state index < -0.39 is 17.9 Å². The van der Waals surface area contributed by atoms with Crippen molar-refractivity contribution in [3.63, 3.8) is 0 Å². The van der Waals surface area contributed by atoms with Crippen molar-refractivity contribution in [2.75, 3.05) is 45.8 Å². The molecule has 0 rings (SSSR count). The van der Waals surface area contributed by atoms with Crippen molar-refractivity contribution in [1.29, 1.82) is 0 Å². The molecule has 134 valence electrons. The van der Waals surface area contributed by atoms with E-state index in [0.29, 0.717) is 26.2 Å². The minimum absolute atomic E-state index is 0. The molecule has 5 N–H and O–H groups in total. The Morgan fingerprint density at radius 3 is 1.36 bits per heavy atom. The van der Waals surface area contributed by atoms with E-state index in [0.717, 1.165) is 0 Å². The van der Waals surface area contributed by atoms with Gasteiger partial charge in [-0.05, 0) is 0 Å². The Kier molecular flexibility index (Phi) is 24.2. The van der Waals surface area contributed by atoms with Crippen LogP contribution >= 0.6 is 37.2 Å². The van der Waals surface area contributed by atoms with E-state index >= 15 is 0 Å². The van der Waals surface area contributed by atoms with Gasteiger partial charge < -0.3 is 26.0 Å². The number of halogens is 3. The summed E-state index contributed by atoms with van der Waals surface area (Å²) in [6, 6.07) is 0. The first kappa shape index (κ1) is 29.2. The largest absolute Gasteiger partial charge is 0.480 e. The van der Waals surface area contributed by atoms with Crippen molar-refractivity contribution in [3.05, 3.63) is 0 Å². The maximum atomic E-state index is 10.6. The summed E-state index contributed by atoms with van der Waals surface area (Å²) in [4.78, 5) is 32.7. The quantitative estimate of drug-likeness (QED) is 0.267. The Bertz CT molecular complexity index is 300. The molecule has 0 aliphatic heterocycles. The van der Waals surface area contributed by atoms with Crippen LogP contribution in [0, 0.1) is 0 Å². The lowest BCUT2D eigenvalue weighted by Crippen LogP contribution is -2.41. The SMILES string of the molecule is Cl.Cl.Cl.O=C(O)CNCCN(CCNCC(=O)O)CC(=O)O. The minimum Gasteiger partial charge on any atom is -0.480 e. The molecule has 0 amide bonds. The zero-order valence-electron chi connectivity index (χ0n) is 11.7. The van der Waals surface area contributed by atoms with E-state index in [1.165, 1.54) is 0 Å². The molecule has 0 aliphatic rings. The highest BCUT2D eigenvalue weighted by Gasteiger charge is 2.09.